The first-order valence-corrected chi connectivity index (χ1v) is 4.50. The van der Waals surface area contributed by atoms with Crippen LogP contribution in [-0.4, -0.2) is 30.3 Å². The number of rotatable bonds is 6. The number of halogens is 1. The van der Waals surface area contributed by atoms with Gasteiger partial charge in [0, 0.05) is 0 Å². The molecule has 0 atom stereocenters. The molecular weight excluding hydrogens is 226 g/mol. The summed E-state index contributed by atoms with van der Waals surface area (Å²) in [7, 11) is 0. The maximum atomic E-state index is 11.1. The van der Waals surface area contributed by atoms with Crippen molar-refractivity contribution in [1.82, 2.24) is 5.48 Å². The maximum Gasteiger partial charge on any atom is 0.351 e. The molecule has 0 aliphatic heterocycles. The van der Waals surface area contributed by atoms with E-state index in [0.717, 1.165) is 0 Å². The van der Waals surface area contributed by atoms with E-state index in [9.17, 15) is 9.59 Å². The van der Waals surface area contributed by atoms with E-state index in [-0.39, 0.29) is 17.3 Å². The molecular formula is C8H12ClNO5. The number of allylic oxidation sites excluding steroid dienone is 1. The van der Waals surface area contributed by atoms with Crippen molar-refractivity contribution >= 4 is 23.5 Å². The smallest absolute Gasteiger partial charge is 0.351 e. The van der Waals surface area contributed by atoms with Crippen LogP contribution in [-0.2, 0) is 19.2 Å². The molecule has 0 fully saturated rings. The van der Waals surface area contributed by atoms with Gasteiger partial charge in [0.05, 0.1) is 12.3 Å². The van der Waals surface area contributed by atoms with Crippen LogP contribution in [0, 0.1) is 0 Å². The van der Waals surface area contributed by atoms with Gasteiger partial charge < -0.3 is 9.84 Å². The Hall–Kier alpha value is -1.27. The standard InChI is InChI=1S/C8H12ClNO5/c1-3-14-8(13)7(9)5(2)10-15-4-6(11)12/h10H,3-4H2,1-2H3,(H,11,12). The molecule has 0 aromatic carbocycles. The highest BCUT2D eigenvalue weighted by atomic mass is 35.5. The minimum absolute atomic E-state index is 0.178. The van der Waals surface area contributed by atoms with Crippen molar-refractivity contribution in [2.45, 2.75) is 13.8 Å². The highest BCUT2D eigenvalue weighted by Gasteiger charge is 2.11. The second-order valence-electron chi connectivity index (χ2n) is 2.44. The van der Waals surface area contributed by atoms with E-state index in [2.05, 4.69) is 15.1 Å². The van der Waals surface area contributed by atoms with Gasteiger partial charge >= 0.3 is 11.9 Å². The second-order valence-corrected chi connectivity index (χ2v) is 2.82. The molecule has 0 aliphatic rings. The molecule has 0 unspecified atom stereocenters. The molecule has 0 aromatic rings. The number of carbonyl (C=O) groups is 2. The molecule has 2 N–H and O–H groups in total. The number of ether oxygens (including phenoxy) is 1. The van der Waals surface area contributed by atoms with Crippen LogP contribution in [0.5, 0.6) is 0 Å². The molecule has 0 aromatic heterocycles. The van der Waals surface area contributed by atoms with Crippen molar-refractivity contribution in [2.75, 3.05) is 13.2 Å². The van der Waals surface area contributed by atoms with E-state index >= 15 is 0 Å². The lowest BCUT2D eigenvalue weighted by atomic mass is 10.4. The highest BCUT2D eigenvalue weighted by molar-refractivity contribution is 6.41. The third kappa shape index (κ3) is 5.92. The van der Waals surface area contributed by atoms with Crippen LogP contribution in [0.25, 0.3) is 0 Å². The fourth-order valence-electron chi connectivity index (χ4n) is 0.598. The van der Waals surface area contributed by atoms with Crippen LogP contribution >= 0.6 is 11.6 Å². The van der Waals surface area contributed by atoms with Gasteiger partial charge in [0.2, 0.25) is 0 Å². The number of hydrogen-bond acceptors (Lipinski definition) is 5. The highest BCUT2D eigenvalue weighted by Crippen LogP contribution is 2.08. The van der Waals surface area contributed by atoms with Crippen LogP contribution in [0.15, 0.2) is 10.7 Å². The Balaban J connectivity index is 4.13. The Kier molecular flexibility index (Phi) is 6.48. The number of nitrogens with one attached hydrogen (secondary N) is 1. The van der Waals surface area contributed by atoms with Gasteiger partial charge in [-0.05, 0) is 13.8 Å². The predicted molar refractivity (Wildman–Crippen MR) is 51.9 cm³/mol. The summed E-state index contributed by atoms with van der Waals surface area (Å²) >= 11 is 5.59. The zero-order chi connectivity index (χ0) is 11.8. The van der Waals surface area contributed by atoms with Crippen molar-refractivity contribution in [1.29, 1.82) is 0 Å². The molecule has 86 valence electrons. The quantitative estimate of drug-likeness (QED) is 0.400. The van der Waals surface area contributed by atoms with E-state index in [4.69, 9.17) is 16.7 Å². The largest absolute Gasteiger partial charge is 0.479 e. The van der Waals surface area contributed by atoms with Gasteiger partial charge in [-0.1, -0.05) is 11.6 Å². The number of carboxylic acids is 1. The van der Waals surface area contributed by atoms with Crippen LogP contribution in [0.2, 0.25) is 0 Å². The van der Waals surface area contributed by atoms with E-state index in [1.165, 1.54) is 6.92 Å². The molecule has 0 bridgehead atoms. The summed E-state index contributed by atoms with van der Waals surface area (Å²) in [6.45, 7) is 2.77. The molecule has 15 heavy (non-hydrogen) atoms. The molecule has 0 saturated carbocycles. The lowest BCUT2D eigenvalue weighted by Crippen LogP contribution is -2.20. The number of carbonyl (C=O) groups excluding carboxylic acids is 1. The first-order valence-electron chi connectivity index (χ1n) is 4.12. The van der Waals surface area contributed by atoms with Gasteiger partial charge in [-0.25, -0.2) is 9.59 Å². The molecule has 0 rings (SSSR count). The third-order valence-electron chi connectivity index (χ3n) is 1.20. The number of aliphatic carboxylic acids is 1. The van der Waals surface area contributed by atoms with Crippen molar-refractivity contribution in [3.05, 3.63) is 10.7 Å². The van der Waals surface area contributed by atoms with E-state index in [1.54, 1.807) is 6.92 Å². The van der Waals surface area contributed by atoms with Crippen LogP contribution in [0.3, 0.4) is 0 Å². The van der Waals surface area contributed by atoms with Crippen LogP contribution in [0.1, 0.15) is 13.8 Å². The van der Waals surface area contributed by atoms with E-state index in [1.807, 2.05) is 0 Å². The molecule has 6 nitrogen and oxygen atoms in total. The monoisotopic (exact) mass is 237 g/mol. The summed E-state index contributed by atoms with van der Waals surface area (Å²) in [4.78, 5) is 25.6. The zero-order valence-electron chi connectivity index (χ0n) is 8.37. The van der Waals surface area contributed by atoms with E-state index in [0.29, 0.717) is 0 Å². The second kappa shape index (κ2) is 7.08. The molecule has 7 heteroatoms. The average Bonchev–Trinajstić information content (AvgIpc) is 2.16. The first kappa shape index (κ1) is 13.7. The van der Waals surface area contributed by atoms with E-state index < -0.39 is 18.5 Å². The fourth-order valence-corrected chi connectivity index (χ4v) is 0.692. The lowest BCUT2D eigenvalue weighted by Gasteiger charge is -2.07. The van der Waals surface area contributed by atoms with Crippen molar-refractivity contribution in [3.63, 3.8) is 0 Å². The van der Waals surface area contributed by atoms with Gasteiger partial charge in [0.25, 0.3) is 0 Å². The van der Waals surface area contributed by atoms with Crippen LogP contribution in [0.4, 0.5) is 0 Å². The Bertz CT molecular complexity index is 276. The molecule has 0 radical (unpaired) electrons. The predicted octanol–water partition coefficient (Wildman–Crippen LogP) is 0.626. The minimum atomic E-state index is -1.14. The molecule has 0 aliphatic carbocycles. The Labute approximate surface area is 91.8 Å². The maximum absolute atomic E-state index is 11.1. The minimum Gasteiger partial charge on any atom is -0.479 e. The summed E-state index contributed by atoms with van der Waals surface area (Å²) in [5, 5.41) is 8.07. The first-order chi connectivity index (χ1) is 6.99. The third-order valence-corrected chi connectivity index (χ3v) is 1.64. The van der Waals surface area contributed by atoms with Gasteiger partial charge in [-0.3, -0.25) is 10.3 Å². The summed E-state index contributed by atoms with van der Waals surface area (Å²) in [6.07, 6.45) is 0. The molecule has 0 saturated heterocycles. The Morgan fingerprint density at radius 1 is 1.47 bits per heavy atom. The Morgan fingerprint density at radius 3 is 2.53 bits per heavy atom. The van der Waals surface area contributed by atoms with Crippen molar-refractivity contribution in [3.8, 4) is 0 Å². The zero-order valence-corrected chi connectivity index (χ0v) is 9.13. The van der Waals surface area contributed by atoms with Crippen LogP contribution < -0.4 is 5.48 Å². The SMILES string of the molecule is CCOC(=O)C(Cl)=C(C)NOCC(=O)O. The number of hydrogen-bond donors (Lipinski definition) is 2. The molecule has 0 spiro atoms. The summed E-state index contributed by atoms with van der Waals surface area (Å²) in [6, 6.07) is 0. The summed E-state index contributed by atoms with van der Waals surface area (Å²) < 4.78 is 4.61. The average molecular weight is 238 g/mol. The fraction of sp³-hybridized carbons (Fsp3) is 0.500. The topological polar surface area (TPSA) is 84.9 Å². The van der Waals surface area contributed by atoms with Gasteiger partial charge in [0.1, 0.15) is 5.03 Å². The number of hydroxylamine groups is 1. The number of carboxylic acid groups (broad SMARTS) is 1. The summed E-state index contributed by atoms with van der Waals surface area (Å²) in [5.74, 6) is -1.83. The van der Waals surface area contributed by atoms with Crippen molar-refractivity contribution in [2.24, 2.45) is 0 Å². The van der Waals surface area contributed by atoms with Gasteiger partial charge in [-0.15, -0.1) is 0 Å². The summed E-state index contributed by atoms with van der Waals surface area (Å²) in [5.41, 5.74) is 2.41. The molecule has 0 heterocycles. The van der Waals surface area contributed by atoms with Gasteiger partial charge in [-0.2, -0.15) is 0 Å². The van der Waals surface area contributed by atoms with Crippen molar-refractivity contribution < 1.29 is 24.3 Å². The number of esters is 1. The Morgan fingerprint density at radius 2 is 2.07 bits per heavy atom. The lowest BCUT2D eigenvalue weighted by molar-refractivity contribution is -0.144. The van der Waals surface area contributed by atoms with Gasteiger partial charge in [0.15, 0.2) is 6.61 Å². The normalized spacial score (nSPS) is 11.7. The molecule has 0 amide bonds.